The summed E-state index contributed by atoms with van der Waals surface area (Å²) in [4.78, 5) is 14.8. The Balaban J connectivity index is 1.47. The zero-order valence-electron chi connectivity index (χ0n) is 16.8. The van der Waals surface area contributed by atoms with Crippen LogP contribution in [0.15, 0.2) is 78.9 Å². The summed E-state index contributed by atoms with van der Waals surface area (Å²) in [5, 5.41) is 13.1. The molecule has 0 saturated carbocycles. The molecular formula is C25H26N2O3. The molecule has 0 aliphatic carbocycles. The molecule has 0 bridgehead atoms. The molecule has 1 aliphatic rings. The Morgan fingerprint density at radius 2 is 1.67 bits per heavy atom. The van der Waals surface area contributed by atoms with Gasteiger partial charge in [0.05, 0.1) is 12.6 Å². The molecule has 5 nitrogen and oxygen atoms in total. The van der Waals surface area contributed by atoms with Gasteiger partial charge in [0, 0.05) is 24.4 Å². The summed E-state index contributed by atoms with van der Waals surface area (Å²) in [5.74, 6) is 0.190. The lowest BCUT2D eigenvalue weighted by atomic mass is 10.1. The van der Waals surface area contributed by atoms with Crippen molar-refractivity contribution in [3.8, 4) is 16.9 Å². The summed E-state index contributed by atoms with van der Waals surface area (Å²) < 4.78 is 5.73. The third-order valence-corrected chi connectivity index (χ3v) is 5.33. The van der Waals surface area contributed by atoms with E-state index in [4.69, 9.17) is 4.74 Å². The second kappa shape index (κ2) is 9.46. The Bertz CT molecular complexity index is 967. The van der Waals surface area contributed by atoms with Crippen LogP contribution >= 0.6 is 0 Å². The Hall–Kier alpha value is -3.31. The van der Waals surface area contributed by atoms with Gasteiger partial charge in [0.15, 0.2) is 0 Å². The predicted molar refractivity (Wildman–Crippen MR) is 118 cm³/mol. The summed E-state index contributed by atoms with van der Waals surface area (Å²) in [6.07, 6.45) is 1.98. The van der Waals surface area contributed by atoms with Gasteiger partial charge in [-0.2, -0.15) is 0 Å². The molecule has 0 radical (unpaired) electrons. The highest BCUT2D eigenvalue weighted by molar-refractivity contribution is 5.89. The number of phenols is 1. The van der Waals surface area contributed by atoms with Crippen molar-refractivity contribution >= 4 is 11.7 Å². The van der Waals surface area contributed by atoms with Crippen molar-refractivity contribution in [2.75, 3.05) is 18.5 Å². The van der Waals surface area contributed by atoms with E-state index in [1.165, 1.54) is 0 Å². The zero-order valence-corrected chi connectivity index (χ0v) is 16.8. The number of urea groups is 1. The molecule has 1 heterocycles. The molecule has 2 N–H and O–H groups in total. The average Bonchev–Trinajstić information content (AvgIpc) is 3.29. The first-order valence-electron chi connectivity index (χ1n) is 10.3. The first-order chi connectivity index (χ1) is 14.7. The average molecular weight is 402 g/mol. The van der Waals surface area contributed by atoms with Crippen molar-refractivity contribution in [1.29, 1.82) is 0 Å². The smallest absolute Gasteiger partial charge is 0.322 e. The number of anilines is 1. The van der Waals surface area contributed by atoms with E-state index in [2.05, 4.69) is 17.4 Å². The molecule has 0 aromatic heterocycles. The number of rotatable bonds is 6. The van der Waals surface area contributed by atoms with Gasteiger partial charge in [-0.15, -0.1) is 0 Å². The van der Waals surface area contributed by atoms with Gasteiger partial charge in [-0.1, -0.05) is 60.7 Å². The van der Waals surface area contributed by atoms with E-state index in [-0.39, 0.29) is 17.9 Å². The quantitative estimate of drug-likeness (QED) is 0.590. The highest BCUT2D eigenvalue weighted by atomic mass is 16.5. The minimum absolute atomic E-state index is 0.0297. The number of hydrogen-bond acceptors (Lipinski definition) is 3. The molecule has 1 atom stereocenters. The van der Waals surface area contributed by atoms with Crippen LogP contribution in [-0.4, -0.2) is 35.3 Å². The van der Waals surface area contributed by atoms with E-state index >= 15 is 0 Å². The normalized spacial score (nSPS) is 15.7. The number of nitrogens with zero attached hydrogens (tertiary/aromatic N) is 1. The van der Waals surface area contributed by atoms with Gasteiger partial charge < -0.3 is 20.1 Å². The highest BCUT2D eigenvalue weighted by Crippen LogP contribution is 2.23. The minimum Gasteiger partial charge on any atom is -0.508 e. The van der Waals surface area contributed by atoms with Crippen molar-refractivity contribution in [3.05, 3.63) is 84.4 Å². The molecule has 3 aromatic carbocycles. The number of para-hydroxylation sites is 1. The van der Waals surface area contributed by atoms with E-state index in [0.717, 1.165) is 36.3 Å². The van der Waals surface area contributed by atoms with Crippen LogP contribution in [-0.2, 0) is 11.3 Å². The number of nitrogens with one attached hydrogen (secondary N) is 1. The van der Waals surface area contributed by atoms with E-state index in [9.17, 15) is 9.90 Å². The van der Waals surface area contributed by atoms with Gasteiger partial charge in [-0.3, -0.25) is 0 Å². The maximum absolute atomic E-state index is 13.0. The molecule has 0 unspecified atom stereocenters. The first-order valence-corrected chi connectivity index (χ1v) is 10.3. The number of ether oxygens (including phenoxy) is 1. The number of carbonyl (C=O) groups is 1. The molecule has 4 rings (SSSR count). The van der Waals surface area contributed by atoms with E-state index in [0.29, 0.717) is 18.7 Å². The van der Waals surface area contributed by atoms with Gasteiger partial charge in [0.25, 0.3) is 0 Å². The third-order valence-electron chi connectivity index (χ3n) is 5.33. The van der Waals surface area contributed by atoms with Crippen molar-refractivity contribution in [2.45, 2.75) is 25.5 Å². The summed E-state index contributed by atoms with van der Waals surface area (Å²) in [6.45, 7) is 1.54. The highest BCUT2D eigenvalue weighted by Gasteiger charge is 2.23. The molecule has 0 spiro atoms. The van der Waals surface area contributed by atoms with Crippen LogP contribution in [0.2, 0.25) is 0 Å². The number of amides is 2. The second-order valence-electron chi connectivity index (χ2n) is 7.52. The number of phenolic OH excluding ortho intramolecular Hbond substituents is 1. The standard InChI is InChI=1S/C25H26N2O3/c28-24-11-5-4-9-21(24)17-27(18-23-10-6-16-30-23)25(29)26-22-14-12-20(13-15-22)19-7-2-1-3-8-19/h1-5,7-9,11-15,23,28H,6,10,16-18H2,(H,26,29)/t23-/m0/s1. The Kier molecular flexibility index (Phi) is 6.30. The van der Waals surface area contributed by atoms with Crippen LogP contribution in [0.25, 0.3) is 11.1 Å². The van der Waals surface area contributed by atoms with Crippen LogP contribution in [0.3, 0.4) is 0 Å². The van der Waals surface area contributed by atoms with Gasteiger partial charge in [-0.25, -0.2) is 4.79 Å². The lowest BCUT2D eigenvalue weighted by Gasteiger charge is -2.26. The van der Waals surface area contributed by atoms with E-state index in [1.54, 1.807) is 17.0 Å². The summed E-state index contributed by atoms with van der Waals surface area (Å²) in [5.41, 5.74) is 3.67. The lowest BCUT2D eigenvalue weighted by Crippen LogP contribution is -2.39. The van der Waals surface area contributed by atoms with Gasteiger partial charge in [0.1, 0.15) is 5.75 Å². The molecule has 2 amide bonds. The molecular weight excluding hydrogens is 376 g/mol. The molecule has 1 saturated heterocycles. The van der Waals surface area contributed by atoms with E-state index in [1.807, 2.05) is 54.6 Å². The summed E-state index contributed by atoms with van der Waals surface area (Å²) in [7, 11) is 0. The van der Waals surface area contributed by atoms with Crippen molar-refractivity contribution < 1.29 is 14.6 Å². The lowest BCUT2D eigenvalue weighted by molar-refractivity contribution is 0.0817. The first kappa shape index (κ1) is 20.0. The molecule has 30 heavy (non-hydrogen) atoms. The van der Waals surface area contributed by atoms with Gasteiger partial charge in [-0.05, 0) is 42.2 Å². The molecule has 3 aromatic rings. The van der Waals surface area contributed by atoms with Crippen LogP contribution < -0.4 is 5.32 Å². The monoisotopic (exact) mass is 402 g/mol. The third kappa shape index (κ3) is 4.99. The van der Waals surface area contributed by atoms with Gasteiger partial charge >= 0.3 is 6.03 Å². The van der Waals surface area contributed by atoms with Crippen LogP contribution in [0, 0.1) is 0 Å². The van der Waals surface area contributed by atoms with Crippen molar-refractivity contribution in [3.63, 3.8) is 0 Å². The number of hydrogen-bond donors (Lipinski definition) is 2. The largest absolute Gasteiger partial charge is 0.508 e. The van der Waals surface area contributed by atoms with Crippen molar-refractivity contribution in [2.24, 2.45) is 0 Å². The fraction of sp³-hybridized carbons (Fsp3) is 0.240. The fourth-order valence-electron chi connectivity index (χ4n) is 3.68. The topological polar surface area (TPSA) is 61.8 Å². The molecule has 1 aliphatic heterocycles. The van der Waals surface area contributed by atoms with Gasteiger partial charge in [0.2, 0.25) is 0 Å². The van der Waals surface area contributed by atoms with Crippen molar-refractivity contribution in [1.82, 2.24) is 4.90 Å². The molecule has 1 fully saturated rings. The SMILES string of the molecule is O=C(Nc1ccc(-c2ccccc2)cc1)N(Cc1ccccc1O)C[C@@H]1CCCO1. The molecule has 5 heteroatoms. The maximum atomic E-state index is 13.0. The summed E-state index contributed by atoms with van der Waals surface area (Å²) >= 11 is 0. The van der Waals surface area contributed by atoms with Crippen LogP contribution in [0.1, 0.15) is 18.4 Å². The van der Waals surface area contributed by atoms with Crippen LogP contribution in [0.4, 0.5) is 10.5 Å². The fourth-order valence-corrected chi connectivity index (χ4v) is 3.68. The predicted octanol–water partition coefficient (Wildman–Crippen LogP) is 5.27. The molecule has 154 valence electrons. The zero-order chi connectivity index (χ0) is 20.8. The van der Waals surface area contributed by atoms with E-state index < -0.39 is 0 Å². The Morgan fingerprint density at radius 3 is 2.37 bits per heavy atom. The maximum Gasteiger partial charge on any atom is 0.322 e. The van der Waals surface area contributed by atoms with Crippen LogP contribution in [0.5, 0.6) is 5.75 Å². The number of benzene rings is 3. The summed E-state index contributed by atoms with van der Waals surface area (Å²) in [6, 6.07) is 24.8. The minimum atomic E-state index is -0.207. The Morgan fingerprint density at radius 1 is 0.967 bits per heavy atom. The second-order valence-corrected chi connectivity index (χ2v) is 7.52. The number of aromatic hydroxyl groups is 1. The number of carbonyl (C=O) groups excluding carboxylic acids is 1. The Labute approximate surface area is 176 Å².